The van der Waals surface area contributed by atoms with E-state index in [0.29, 0.717) is 5.56 Å². The lowest BCUT2D eigenvalue weighted by molar-refractivity contribution is -0.384. The predicted octanol–water partition coefficient (Wildman–Crippen LogP) is 2.49. The number of halogens is 1. The first-order valence-corrected chi connectivity index (χ1v) is 5.47. The zero-order valence-corrected chi connectivity index (χ0v) is 9.36. The molecule has 1 aromatic rings. The summed E-state index contributed by atoms with van der Waals surface area (Å²) in [6.45, 7) is 0. The molecule has 0 aromatic heterocycles. The summed E-state index contributed by atoms with van der Waals surface area (Å²) in [6, 6.07) is 4.48. The number of nitrogens with zero attached hydrogens (tertiary/aromatic N) is 1. The van der Waals surface area contributed by atoms with Crippen LogP contribution in [0.3, 0.4) is 0 Å². The largest absolute Gasteiger partial charge is 0.293 e. The van der Waals surface area contributed by atoms with Crippen LogP contribution in [0, 0.1) is 10.1 Å². The maximum absolute atomic E-state index is 11.7. The second-order valence-electron chi connectivity index (χ2n) is 3.47. The quantitative estimate of drug-likeness (QED) is 0.447. The fourth-order valence-corrected chi connectivity index (χ4v) is 2.18. The molecule has 0 amide bonds. The average Bonchev–Trinajstić information content (AvgIpc) is 2.23. The molecule has 0 radical (unpaired) electrons. The van der Waals surface area contributed by atoms with Crippen LogP contribution >= 0.6 is 15.9 Å². The summed E-state index contributed by atoms with van der Waals surface area (Å²) in [6.07, 6.45) is 1.54. The van der Waals surface area contributed by atoms with Crippen LogP contribution in [-0.4, -0.2) is 15.5 Å². The summed E-state index contributed by atoms with van der Waals surface area (Å²) >= 11 is 3.27. The van der Waals surface area contributed by atoms with Gasteiger partial charge in [0.2, 0.25) is 0 Å². The van der Waals surface area contributed by atoms with Crippen LogP contribution < -0.4 is 0 Å². The Morgan fingerprint density at radius 3 is 2.87 bits per heavy atom. The van der Waals surface area contributed by atoms with Crippen molar-refractivity contribution in [1.29, 1.82) is 0 Å². The number of aryl methyl sites for hydroxylation is 1. The molecule has 0 N–H and O–H groups in total. The fourth-order valence-electron chi connectivity index (χ4n) is 1.71. The molecule has 4 nitrogen and oxygen atoms in total. The molecule has 78 valence electrons. The van der Waals surface area contributed by atoms with E-state index in [1.165, 1.54) is 12.1 Å². The van der Waals surface area contributed by atoms with Gasteiger partial charge in [0.25, 0.3) is 5.69 Å². The van der Waals surface area contributed by atoms with Gasteiger partial charge in [-0.3, -0.25) is 14.9 Å². The minimum absolute atomic E-state index is 0.0244. The van der Waals surface area contributed by atoms with Crippen LogP contribution in [0.25, 0.3) is 0 Å². The molecule has 0 fully saturated rings. The smallest absolute Gasteiger partial charge is 0.270 e. The zero-order valence-electron chi connectivity index (χ0n) is 7.77. The number of alkyl halides is 1. The highest BCUT2D eigenvalue weighted by molar-refractivity contribution is 9.10. The van der Waals surface area contributed by atoms with Gasteiger partial charge in [-0.1, -0.05) is 22.0 Å². The molecule has 15 heavy (non-hydrogen) atoms. The van der Waals surface area contributed by atoms with Gasteiger partial charge < -0.3 is 0 Å². The van der Waals surface area contributed by atoms with E-state index in [1.54, 1.807) is 6.07 Å². The number of carbonyl (C=O) groups is 1. The number of rotatable bonds is 1. The highest BCUT2D eigenvalue weighted by Gasteiger charge is 2.26. The number of carbonyl (C=O) groups excluding carboxylic acids is 1. The SMILES string of the molecule is O=C1c2cc([N+](=O)[O-])ccc2CC[C@@H]1Br. The molecule has 1 aliphatic rings. The maximum Gasteiger partial charge on any atom is 0.270 e. The molecule has 5 heteroatoms. The van der Waals surface area contributed by atoms with Gasteiger partial charge in [0.1, 0.15) is 0 Å². The summed E-state index contributed by atoms with van der Waals surface area (Å²) in [5, 5.41) is 10.6. The number of fused-ring (bicyclic) bond motifs is 1. The van der Waals surface area contributed by atoms with E-state index in [-0.39, 0.29) is 16.3 Å². The van der Waals surface area contributed by atoms with Gasteiger partial charge in [-0.05, 0) is 18.4 Å². The van der Waals surface area contributed by atoms with Crippen LogP contribution in [0.4, 0.5) is 5.69 Å². The number of nitro benzene ring substituents is 1. The molecule has 0 aliphatic heterocycles. The molecule has 2 rings (SSSR count). The molecule has 1 aliphatic carbocycles. The van der Waals surface area contributed by atoms with Gasteiger partial charge in [0.15, 0.2) is 5.78 Å². The standard InChI is InChI=1S/C10H8BrNO3/c11-9-4-2-6-1-3-7(12(14)15)5-8(6)10(9)13/h1,3,5,9H,2,4H2/t9-/m0/s1. The molecule has 1 atom stereocenters. The van der Waals surface area contributed by atoms with Crippen molar-refractivity contribution in [1.82, 2.24) is 0 Å². The first kappa shape index (κ1) is 10.3. The lowest BCUT2D eigenvalue weighted by Crippen LogP contribution is -2.22. The summed E-state index contributed by atoms with van der Waals surface area (Å²) in [4.78, 5) is 21.6. The van der Waals surface area contributed by atoms with Gasteiger partial charge in [-0.25, -0.2) is 0 Å². The average molecular weight is 270 g/mol. The van der Waals surface area contributed by atoms with Crippen molar-refractivity contribution in [2.24, 2.45) is 0 Å². The van der Waals surface area contributed by atoms with Gasteiger partial charge in [-0.2, -0.15) is 0 Å². The van der Waals surface area contributed by atoms with Crippen LogP contribution in [0.15, 0.2) is 18.2 Å². The fraction of sp³-hybridized carbons (Fsp3) is 0.300. The van der Waals surface area contributed by atoms with Gasteiger partial charge in [0, 0.05) is 17.7 Å². The Morgan fingerprint density at radius 2 is 2.20 bits per heavy atom. The van der Waals surface area contributed by atoms with Crippen molar-refractivity contribution in [2.45, 2.75) is 17.7 Å². The highest BCUT2D eigenvalue weighted by atomic mass is 79.9. The van der Waals surface area contributed by atoms with Gasteiger partial charge >= 0.3 is 0 Å². The molecule has 0 unspecified atom stereocenters. The van der Waals surface area contributed by atoms with E-state index < -0.39 is 4.92 Å². The number of nitro groups is 1. The second-order valence-corrected chi connectivity index (χ2v) is 4.57. The number of ketones is 1. The molecule has 0 saturated heterocycles. The van der Waals surface area contributed by atoms with Gasteiger partial charge in [-0.15, -0.1) is 0 Å². The third-order valence-electron chi connectivity index (χ3n) is 2.52. The minimum atomic E-state index is -0.481. The number of hydrogen-bond donors (Lipinski definition) is 0. The van der Waals surface area contributed by atoms with Crippen molar-refractivity contribution in [3.8, 4) is 0 Å². The van der Waals surface area contributed by atoms with E-state index in [2.05, 4.69) is 15.9 Å². The predicted molar refractivity (Wildman–Crippen MR) is 58.5 cm³/mol. The number of benzene rings is 1. The summed E-state index contributed by atoms with van der Waals surface area (Å²) in [7, 11) is 0. The lowest BCUT2D eigenvalue weighted by atomic mass is 9.90. The van der Waals surface area contributed by atoms with Crippen LogP contribution in [0.5, 0.6) is 0 Å². The van der Waals surface area contributed by atoms with Crippen molar-refractivity contribution in [3.63, 3.8) is 0 Å². The molecular weight excluding hydrogens is 262 g/mol. The van der Waals surface area contributed by atoms with E-state index >= 15 is 0 Å². The Hall–Kier alpha value is -1.23. The first-order chi connectivity index (χ1) is 7.09. The molecule has 0 spiro atoms. The Labute approximate surface area is 94.6 Å². The summed E-state index contributed by atoms with van der Waals surface area (Å²) in [5.41, 5.74) is 1.36. The van der Waals surface area contributed by atoms with Crippen molar-refractivity contribution in [3.05, 3.63) is 39.4 Å². The van der Waals surface area contributed by atoms with Crippen molar-refractivity contribution in [2.75, 3.05) is 0 Å². The maximum atomic E-state index is 11.7. The van der Waals surface area contributed by atoms with Gasteiger partial charge in [0.05, 0.1) is 9.75 Å². The Kier molecular flexibility index (Phi) is 2.56. The van der Waals surface area contributed by atoms with E-state index in [4.69, 9.17) is 0 Å². The Morgan fingerprint density at radius 1 is 1.47 bits per heavy atom. The van der Waals surface area contributed by atoms with Crippen molar-refractivity contribution < 1.29 is 9.72 Å². The number of non-ortho nitro benzene ring substituents is 1. The zero-order chi connectivity index (χ0) is 11.0. The molecule has 0 saturated carbocycles. The van der Waals surface area contributed by atoms with E-state index in [0.717, 1.165) is 18.4 Å². The van der Waals surface area contributed by atoms with E-state index in [9.17, 15) is 14.9 Å². The third kappa shape index (κ3) is 1.79. The highest BCUT2D eigenvalue weighted by Crippen LogP contribution is 2.28. The second kappa shape index (κ2) is 3.73. The minimum Gasteiger partial charge on any atom is -0.293 e. The number of hydrogen-bond acceptors (Lipinski definition) is 3. The lowest BCUT2D eigenvalue weighted by Gasteiger charge is -2.18. The monoisotopic (exact) mass is 269 g/mol. The molecular formula is C10H8BrNO3. The molecule has 1 aromatic carbocycles. The third-order valence-corrected chi connectivity index (χ3v) is 3.40. The normalized spacial score (nSPS) is 19.8. The van der Waals surface area contributed by atoms with E-state index in [1.807, 2.05) is 0 Å². The molecule has 0 bridgehead atoms. The summed E-state index contributed by atoms with van der Waals surface area (Å²) < 4.78 is 0. The first-order valence-electron chi connectivity index (χ1n) is 4.55. The van der Waals surface area contributed by atoms with Crippen molar-refractivity contribution >= 4 is 27.4 Å². The van der Waals surface area contributed by atoms with Crippen LogP contribution in [0.1, 0.15) is 22.3 Å². The number of Topliss-reactive ketones (excluding diaryl/α,β-unsaturated/α-hetero) is 1. The Balaban J connectivity index is 2.50. The topological polar surface area (TPSA) is 60.2 Å². The summed E-state index contributed by atoms with van der Waals surface area (Å²) in [5.74, 6) is -0.0556. The Bertz CT molecular complexity index is 444. The van der Waals surface area contributed by atoms with Crippen LogP contribution in [0.2, 0.25) is 0 Å². The molecule has 0 heterocycles. The van der Waals surface area contributed by atoms with Crippen LogP contribution in [-0.2, 0) is 6.42 Å².